The quantitative estimate of drug-likeness (QED) is 0.358. The monoisotopic (exact) mass is 521 g/mol. The van der Waals surface area contributed by atoms with Crippen LogP contribution in [0.15, 0.2) is 65.8 Å². The van der Waals surface area contributed by atoms with Crippen molar-refractivity contribution in [1.82, 2.24) is 19.4 Å². The molecule has 0 saturated carbocycles. The van der Waals surface area contributed by atoms with Gasteiger partial charge < -0.3 is 28.8 Å². The number of halogens is 1. The molecule has 0 aliphatic carbocycles. The number of likely N-dealkylation sites (N-methyl/N-ethyl adjacent to an activating group) is 1. The summed E-state index contributed by atoms with van der Waals surface area (Å²) in [6, 6.07) is 13.4. The summed E-state index contributed by atoms with van der Waals surface area (Å²) < 4.78 is 12.5. The average molecular weight is 522 g/mol. The van der Waals surface area contributed by atoms with Gasteiger partial charge in [-0.25, -0.2) is 4.98 Å². The van der Waals surface area contributed by atoms with Crippen molar-refractivity contribution in [2.75, 3.05) is 65.1 Å². The zero-order valence-corrected chi connectivity index (χ0v) is 21.9. The van der Waals surface area contributed by atoms with E-state index in [4.69, 9.17) is 21.1 Å². The topological polar surface area (TPSA) is 75.6 Å². The highest BCUT2D eigenvalue weighted by molar-refractivity contribution is 6.30. The van der Waals surface area contributed by atoms with E-state index >= 15 is 0 Å². The summed E-state index contributed by atoms with van der Waals surface area (Å²) in [4.78, 5) is 25.8. The predicted molar refractivity (Wildman–Crippen MR) is 148 cm³/mol. The van der Waals surface area contributed by atoms with Gasteiger partial charge in [0.2, 0.25) is 0 Å². The third kappa shape index (κ3) is 5.72. The highest BCUT2D eigenvalue weighted by Gasteiger charge is 2.19. The molecule has 1 saturated heterocycles. The van der Waals surface area contributed by atoms with E-state index < -0.39 is 0 Å². The molecule has 5 rings (SSSR count). The van der Waals surface area contributed by atoms with Gasteiger partial charge in [-0.3, -0.25) is 4.79 Å². The van der Waals surface area contributed by atoms with Gasteiger partial charge in [0.1, 0.15) is 5.65 Å². The number of pyridine rings is 2. The third-order valence-electron chi connectivity index (χ3n) is 6.88. The molecule has 1 N–H and O–H groups in total. The molecule has 9 heteroatoms. The van der Waals surface area contributed by atoms with Crippen LogP contribution in [-0.4, -0.2) is 79.6 Å². The summed E-state index contributed by atoms with van der Waals surface area (Å²) in [5, 5.41) is 1.64. The normalized spacial score (nSPS) is 15.0. The SMILES string of the molecule is COCCN(C)CC(c1cccc(Cl)c1)n1ccc(-c2c[nH]c3ncc(N4CCOCC4)cc23)cc1=O. The second-order valence-corrected chi connectivity index (χ2v) is 9.81. The highest BCUT2D eigenvalue weighted by Crippen LogP contribution is 2.30. The van der Waals surface area contributed by atoms with Crippen LogP contribution >= 0.6 is 11.6 Å². The molecule has 1 aliphatic heterocycles. The molecule has 37 heavy (non-hydrogen) atoms. The van der Waals surface area contributed by atoms with Crippen LogP contribution < -0.4 is 10.5 Å². The zero-order valence-electron chi connectivity index (χ0n) is 21.2. The van der Waals surface area contributed by atoms with Crippen molar-refractivity contribution in [2.45, 2.75) is 6.04 Å². The third-order valence-corrected chi connectivity index (χ3v) is 7.12. The number of aromatic nitrogens is 3. The van der Waals surface area contributed by atoms with Crippen LogP contribution in [0.1, 0.15) is 11.6 Å². The van der Waals surface area contributed by atoms with Crippen molar-refractivity contribution in [3.8, 4) is 11.1 Å². The van der Waals surface area contributed by atoms with Gasteiger partial charge in [0.15, 0.2) is 0 Å². The van der Waals surface area contributed by atoms with Gasteiger partial charge in [0.05, 0.1) is 37.7 Å². The minimum Gasteiger partial charge on any atom is -0.383 e. The maximum atomic E-state index is 13.5. The first-order chi connectivity index (χ1) is 18.0. The van der Waals surface area contributed by atoms with Crippen molar-refractivity contribution in [3.63, 3.8) is 0 Å². The van der Waals surface area contributed by atoms with Crippen molar-refractivity contribution in [2.24, 2.45) is 0 Å². The molecule has 0 amide bonds. The lowest BCUT2D eigenvalue weighted by atomic mass is 10.0. The number of methoxy groups -OCH3 is 1. The Morgan fingerprint density at radius 1 is 1.22 bits per heavy atom. The number of hydrogen-bond donors (Lipinski definition) is 1. The van der Waals surface area contributed by atoms with Gasteiger partial charge in [-0.1, -0.05) is 23.7 Å². The van der Waals surface area contributed by atoms with Gasteiger partial charge in [0, 0.05) is 67.7 Å². The molecule has 4 heterocycles. The standard InChI is InChI=1S/C28H32ClN5O3/c1-32(8-11-36-2)19-26(21-4-3-5-22(29)14-21)34-7-6-20(15-27(34)35)25-18-31-28-24(25)16-23(17-30-28)33-9-12-37-13-10-33/h3-7,14-18,26H,8-13,19H2,1-2H3,(H,30,31). The number of H-pyrrole nitrogens is 1. The molecule has 3 aromatic heterocycles. The molecule has 0 spiro atoms. The molecular weight excluding hydrogens is 490 g/mol. The predicted octanol–water partition coefficient (Wildman–Crippen LogP) is 4.05. The van der Waals surface area contributed by atoms with Crippen LogP contribution in [-0.2, 0) is 9.47 Å². The van der Waals surface area contributed by atoms with Crippen molar-refractivity contribution in [1.29, 1.82) is 0 Å². The molecule has 4 aromatic rings. The summed E-state index contributed by atoms with van der Waals surface area (Å²) in [6.45, 7) is 5.12. The van der Waals surface area contributed by atoms with Crippen molar-refractivity contribution in [3.05, 3.63) is 82.0 Å². The lowest BCUT2D eigenvalue weighted by Crippen LogP contribution is -2.36. The van der Waals surface area contributed by atoms with Gasteiger partial charge in [-0.05, 0) is 42.4 Å². The lowest BCUT2D eigenvalue weighted by Gasteiger charge is -2.28. The van der Waals surface area contributed by atoms with Gasteiger partial charge >= 0.3 is 0 Å². The molecule has 0 bridgehead atoms. The van der Waals surface area contributed by atoms with Crippen molar-refractivity contribution >= 4 is 28.3 Å². The molecular formula is C28H32ClN5O3. The Morgan fingerprint density at radius 3 is 2.81 bits per heavy atom. The molecule has 8 nitrogen and oxygen atoms in total. The van der Waals surface area contributed by atoms with Crippen LogP contribution in [0.25, 0.3) is 22.2 Å². The fraction of sp³-hybridized carbons (Fsp3) is 0.357. The fourth-order valence-electron chi connectivity index (χ4n) is 4.84. The van der Waals surface area contributed by atoms with E-state index in [-0.39, 0.29) is 11.6 Å². The van der Waals surface area contributed by atoms with Crippen LogP contribution in [0.5, 0.6) is 0 Å². The molecule has 1 fully saturated rings. The maximum absolute atomic E-state index is 13.5. The number of ether oxygens (including phenoxy) is 2. The van der Waals surface area contributed by atoms with Crippen molar-refractivity contribution < 1.29 is 9.47 Å². The number of rotatable bonds is 9. The van der Waals surface area contributed by atoms with E-state index in [9.17, 15) is 4.79 Å². The number of morpholine rings is 1. The van der Waals surface area contributed by atoms with Gasteiger partial charge in [-0.2, -0.15) is 0 Å². The summed E-state index contributed by atoms with van der Waals surface area (Å²) in [6.07, 6.45) is 5.69. The summed E-state index contributed by atoms with van der Waals surface area (Å²) >= 11 is 6.31. The zero-order chi connectivity index (χ0) is 25.8. The summed E-state index contributed by atoms with van der Waals surface area (Å²) in [5.74, 6) is 0. The second-order valence-electron chi connectivity index (χ2n) is 9.38. The molecule has 1 unspecified atom stereocenters. The van der Waals surface area contributed by atoms with Crippen LogP contribution in [0.4, 0.5) is 5.69 Å². The number of benzene rings is 1. The number of anilines is 1. The fourth-order valence-corrected chi connectivity index (χ4v) is 5.04. The molecule has 1 aliphatic rings. The molecule has 194 valence electrons. The Morgan fingerprint density at radius 2 is 2.05 bits per heavy atom. The molecule has 1 atom stereocenters. The number of hydrogen-bond acceptors (Lipinski definition) is 6. The summed E-state index contributed by atoms with van der Waals surface area (Å²) in [5.41, 5.74) is 4.58. The molecule has 0 radical (unpaired) electrons. The van der Waals surface area contributed by atoms with E-state index in [1.165, 1.54) is 0 Å². The second kappa shape index (κ2) is 11.5. The van der Waals surface area contributed by atoms with E-state index in [2.05, 4.69) is 25.8 Å². The Bertz CT molecular complexity index is 1410. The average Bonchev–Trinajstić information content (AvgIpc) is 3.34. The van der Waals surface area contributed by atoms with Crippen LogP contribution in [0, 0.1) is 0 Å². The van der Waals surface area contributed by atoms with Crippen LogP contribution in [0.3, 0.4) is 0 Å². The molecule has 1 aromatic carbocycles. The Labute approximate surface area is 221 Å². The number of nitrogens with zero attached hydrogens (tertiary/aromatic N) is 4. The van der Waals surface area contributed by atoms with Crippen LogP contribution in [0.2, 0.25) is 5.02 Å². The number of aromatic amines is 1. The first-order valence-electron chi connectivity index (χ1n) is 12.5. The smallest absolute Gasteiger partial charge is 0.251 e. The minimum absolute atomic E-state index is 0.0748. The lowest BCUT2D eigenvalue weighted by molar-refractivity contribution is 0.122. The van der Waals surface area contributed by atoms with E-state index in [1.807, 2.05) is 56.0 Å². The highest BCUT2D eigenvalue weighted by atomic mass is 35.5. The van der Waals surface area contributed by atoms with E-state index in [0.717, 1.165) is 53.0 Å². The maximum Gasteiger partial charge on any atom is 0.251 e. The first kappa shape index (κ1) is 25.5. The Kier molecular flexibility index (Phi) is 7.90. The first-order valence-corrected chi connectivity index (χ1v) is 12.9. The summed E-state index contributed by atoms with van der Waals surface area (Å²) in [7, 11) is 3.72. The minimum atomic E-state index is -0.195. The van der Waals surface area contributed by atoms with Gasteiger partial charge in [0.25, 0.3) is 5.56 Å². The van der Waals surface area contributed by atoms with E-state index in [1.54, 1.807) is 17.7 Å². The number of nitrogens with one attached hydrogen (secondary N) is 1. The largest absolute Gasteiger partial charge is 0.383 e. The Hall–Kier alpha value is -3.17. The van der Waals surface area contributed by atoms with Gasteiger partial charge in [-0.15, -0.1) is 0 Å². The Balaban J connectivity index is 1.49. The van der Waals surface area contributed by atoms with E-state index in [0.29, 0.717) is 31.4 Å². The number of fused-ring (bicyclic) bond motifs is 1.